The Labute approximate surface area is 70.9 Å². The van der Waals surface area contributed by atoms with Crippen molar-refractivity contribution in [1.82, 2.24) is 4.37 Å². The van der Waals surface area contributed by atoms with E-state index >= 15 is 0 Å². The Balaban J connectivity index is 3.17. The summed E-state index contributed by atoms with van der Waals surface area (Å²) in [4.78, 5) is 10.7. The van der Waals surface area contributed by atoms with E-state index in [1.54, 1.807) is 0 Å². The molecule has 0 aliphatic rings. The third kappa shape index (κ3) is 1.23. The van der Waals surface area contributed by atoms with E-state index in [1.165, 1.54) is 0 Å². The molecule has 54 valence electrons. The Morgan fingerprint density at radius 3 is 2.40 bits per heavy atom. The summed E-state index contributed by atoms with van der Waals surface area (Å²) in [5, 5.41) is 0.264. The first-order valence-corrected chi connectivity index (χ1v) is 3.76. The number of nitrogens with two attached hydrogens (primary N) is 1. The fourth-order valence-electron chi connectivity index (χ4n) is 0.413. The highest BCUT2D eigenvalue weighted by molar-refractivity contribution is 7.09. The molecule has 1 rings (SSSR count). The number of hydrogen-bond acceptors (Lipinski definition) is 3. The van der Waals surface area contributed by atoms with Gasteiger partial charge in [0.05, 0.1) is 0 Å². The highest BCUT2D eigenvalue weighted by Gasteiger charge is 2.13. The van der Waals surface area contributed by atoms with Gasteiger partial charge < -0.3 is 5.73 Å². The van der Waals surface area contributed by atoms with Crippen LogP contribution in [0.1, 0.15) is 9.67 Å². The van der Waals surface area contributed by atoms with Gasteiger partial charge in [-0.3, -0.25) is 4.79 Å². The Kier molecular flexibility index (Phi) is 2.13. The Bertz CT molecular complexity index is 272. The van der Waals surface area contributed by atoms with Gasteiger partial charge in [-0.1, -0.05) is 23.2 Å². The molecule has 0 saturated heterocycles. The Morgan fingerprint density at radius 2 is 2.20 bits per heavy atom. The van der Waals surface area contributed by atoms with E-state index in [-0.39, 0.29) is 15.1 Å². The first-order chi connectivity index (χ1) is 4.63. The average Bonchev–Trinajstić information content (AvgIpc) is 2.14. The number of carbonyl (C=O) groups excluding carboxylic acids is 1. The van der Waals surface area contributed by atoms with Crippen molar-refractivity contribution >= 4 is 40.6 Å². The van der Waals surface area contributed by atoms with Crippen LogP contribution in [0.3, 0.4) is 0 Å². The second kappa shape index (κ2) is 2.74. The molecule has 0 saturated carbocycles. The average molecular weight is 197 g/mol. The third-order valence-corrected chi connectivity index (χ3v) is 2.63. The minimum absolute atomic E-state index is 0.125. The predicted molar refractivity (Wildman–Crippen MR) is 40.7 cm³/mol. The van der Waals surface area contributed by atoms with Crippen LogP contribution in [0.25, 0.3) is 0 Å². The van der Waals surface area contributed by atoms with Crippen LogP contribution in [0.4, 0.5) is 0 Å². The van der Waals surface area contributed by atoms with Crippen LogP contribution in [0.15, 0.2) is 0 Å². The summed E-state index contributed by atoms with van der Waals surface area (Å²) < 4.78 is 3.61. The lowest BCUT2D eigenvalue weighted by Gasteiger charge is -1.85. The van der Waals surface area contributed by atoms with E-state index in [1.807, 2.05) is 0 Å². The second-order valence-corrected chi connectivity index (χ2v) is 2.99. The van der Waals surface area contributed by atoms with Crippen molar-refractivity contribution in [3.05, 3.63) is 15.1 Å². The van der Waals surface area contributed by atoms with Gasteiger partial charge in [0.25, 0.3) is 5.91 Å². The number of nitrogens with zero attached hydrogens (tertiary/aromatic N) is 1. The lowest BCUT2D eigenvalue weighted by Crippen LogP contribution is -2.08. The maximum Gasteiger partial charge on any atom is 0.262 e. The fourth-order valence-corrected chi connectivity index (χ4v) is 1.49. The maximum absolute atomic E-state index is 10.5. The van der Waals surface area contributed by atoms with E-state index in [0.29, 0.717) is 0 Å². The zero-order valence-electron chi connectivity index (χ0n) is 4.60. The summed E-state index contributed by atoms with van der Waals surface area (Å²) in [6, 6.07) is 0. The molecule has 0 unspecified atom stereocenters. The van der Waals surface area contributed by atoms with Crippen LogP contribution >= 0.6 is 34.7 Å². The second-order valence-electron chi connectivity index (χ2n) is 1.48. The van der Waals surface area contributed by atoms with Gasteiger partial charge in [-0.15, -0.1) is 0 Å². The Hall–Kier alpha value is -0.320. The molecule has 1 amide bonds. The van der Waals surface area contributed by atoms with Gasteiger partial charge in [-0.25, -0.2) is 0 Å². The summed E-state index contributed by atoms with van der Waals surface area (Å²) in [5.41, 5.74) is 4.92. The fraction of sp³-hybridized carbons (Fsp3) is 0. The van der Waals surface area contributed by atoms with Gasteiger partial charge >= 0.3 is 0 Å². The molecule has 0 bridgehead atoms. The molecule has 0 aliphatic heterocycles. The molecule has 2 N–H and O–H groups in total. The van der Waals surface area contributed by atoms with Crippen LogP contribution in [0.2, 0.25) is 10.2 Å². The van der Waals surface area contributed by atoms with Crippen molar-refractivity contribution in [2.45, 2.75) is 0 Å². The molecule has 1 aromatic heterocycles. The first-order valence-electron chi connectivity index (χ1n) is 2.23. The van der Waals surface area contributed by atoms with E-state index in [4.69, 9.17) is 28.9 Å². The van der Waals surface area contributed by atoms with Crippen LogP contribution in [-0.2, 0) is 0 Å². The molecule has 0 radical (unpaired) electrons. The van der Waals surface area contributed by atoms with Crippen LogP contribution in [-0.4, -0.2) is 10.3 Å². The van der Waals surface area contributed by atoms with E-state index in [2.05, 4.69) is 4.37 Å². The monoisotopic (exact) mass is 196 g/mol. The summed E-state index contributed by atoms with van der Waals surface area (Å²) in [6.07, 6.45) is 0. The minimum Gasteiger partial charge on any atom is -0.365 e. The summed E-state index contributed by atoms with van der Waals surface area (Å²) in [6.45, 7) is 0. The van der Waals surface area contributed by atoms with Crippen LogP contribution < -0.4 is 5.73 Å². The molecule has 6 heteroatoms. The van der Waals surface area contributed by atoms with E-state index in [9.17, 15) is 4.79 Å². The summed E-state index contributed by atoms with van der Waals surface area (Å²) >= 11 is 11.8. The first kappa shape index (κ1) is 7.78. The molecule has 1 heterocycles. The molecule has 1 aromatic rings. The van der Waals surface area contributed by atoms with Crippen LogP contribution in [0.5, 0.6) is 0 Å². The smallest absolute Gasteiger partial charge is 0.262 e. The quantitative estimate of drug-likeness (QED) is 0.742. The van der Waals surface area contributed by atoms with E-state index < -0.39 is 5.91 Å². The van der Waals surface area contributed by atoms with Gasteiger partial charge in [-0.2, -0.15) is 4.37 Å². The largest absolute Gasteiger partial charge is 0.365 e. The van der Waals surface area contributed by atoms with Gasteiger partial charge in [0, 0.05) is 0 Å². The van der Waals surface area contributed by atoms with Gasteiger partial charge in [0.1, 0.15) is 9.90 Å². The predicted octanol–water partition coefficient (Wildman–Crippen LogP) is 1.55. The van der Waals surface area contributed by atoms with Crippen molar-refractivity contribution in [2.24, 2.45) is 5.73 Å². The maximum atomic E-state index is 10.5. The highest BCUT2D eigenvalue weighted by Crippen LogP contribution is 2.27. The number of carbonyl (C=O) groups is 1. The SMILES string of the molecule is NC(=O)c1snc(Cl)c1Cl. The molecule has 0 atom stereocenters. The molecule has 3 nitrogen and oxygen atoms in total. The molecule has 0 fully saturated rings. The Morgan fingerprint density at radius 1 is 1.60 bits per heavy atom. The lowest BCUT2D eigenvalue weighted by molar-refractivity contribution is 0.100. The number of halogens is 2. The molecular weight excluding hydrogens is 195 g/mol. The molecular formula is C4H2Cl2N2OS. The number of aromatic nitrogens is 1. The summed E-state index contributed by atoms with van der Waals surface area (Å²) in [7, 11) is 0. The normalized spacial score (nSPS) is 9.80. The standard InChI is InChI=1S/C4H2Cl2N2OS/c5-1-2(4(7)9)10-8-3(1)6/h(H2,7,9). The van der Waals surface area contributed by atoms with Crippen molar-refractivity contribution < 1.29 is 4.79 Å². The van der Waals surface area contributed by atoms with Crippen molar-refractivity contribution in [3.63, 3.8) is 0 Å². The van der Waals surface area contributed by atoms with Crippen molar-refractivity contribution in [2.75, 3.05) is 0 Å². The zero-order valence-corrected chi connectivity index (χ0v) is 6.93. The highest BCUT2D eigenvalue weighted by atomic mass is 35.5. The number of amides is 1. The van der Waals surface area contributed by atoms with Crippen molar-refractivity contribution in [1.29, 1.82) is 0 Å². The van der Waals surface area contributed by atoms with Gasteiger partial charge in [0.15, 0.2) is 5.15 Å². The molecule has 0 spiro atoms. The molecule has 0 aliphatic carbocycles. The topological polar surface area (TPSA) is 56.0 Å². The van der Waals surface area contributed by atoms with Gasteiger partial charge in [-0.05, 0) is 11.5 Å². The van der Waals surface area contributed by atoms with Crippen LogP contribution in [0, 0.1) is 0 Å². The van der Waals surface area contributed by atoms with Crippen molar-refractivity contribution in [3.8, 4) is 0 Å². The van der Waals surface area contributed by atoms with Gasteiger partial charge in [0.2, 0.25) is 0 Å². The number of primary amides is 1. The lowest BCUT2D eigenvalue weighted by atomic mass is 10.5. The number of hydrogen-bond donors (Lipinski definition) is 1. The van der Waals surface area contributed by atoms with E-state index in [0.717, 1.165) is 11.5 Å². The summed E-state index contributed by atoms with van der Waals surface area (Å²) in [5.74, 6) is -0.602. The minimum atomic E-state index is -0.602. The molecule has 0 aromatic carbocycles. The third-order valence-electron chi connectivity index (χ3n) is 0.821. The molecule has 10 heavy (non-hydrogen) atoms. The number of rotatable bonds is 1. The zero-order chi connectivity index (χ0) is 7.72.